The molecule has 0 radical (unpaired) electrons. The first-order chi connectivity index (χ1) is 11.8. The minimum Gasteiger partial charge on any atom is -0.398 e. The van der Waals surface area contributed by atoms with E-state index in [4.69, 9.17) is 10.7 Å². The van der Waals surface area contributed by atoms with Crippen molar-refractivity contribution < 1.29 is 0 Å². The van der Waals surface area contributed by atoms with E-state index < -0.39 is 0 Å². The predicted molar refractivity (Wildman–Crippen MR) is 99.3 cm³/mol. The first-order valence-electron chi connectivity index (χ1n) is 7.88. The molecule has 0 saturated heterocycles. The van der Waals surface area contributed by atoms with Crippen LogP contribution in [0.1, 0.15) is 0 Å². The largest absolute Gasteiger partial charge is 0.398 e. The molecular formula is C21H17N3. The number of nitrogens with zero attached hydrogens (tertiary/aromatic N) is 1. The molecule has 0 atom stereocenters. The van der Waals surface area contributed by atoms with Crippen molar-refractivity contribution in [1.82, 2.24) is 9.97 Å². The number of aromatic amines is 1. The van der Waals surface area contributed by atoms with Gasteiger partial charge < -0.3 is 10.7 Å². The highest BCUT2D eigenvalue weighted by molar-refractivity contribution is 5.83. The molecule has 0 amide bonds. The number of aromatic nitrogens is 2. The fraction of sp³-hybridized carbons (Fsp3) is 0. The van der Waals surface area contributed by atoms with Gasteiger partial charge in [0.1, 0.15) is 5.82 Å². The SMILES string of the molecule is Nc1ccccc1-c1nc(-c2ccccc2)c(-c2ccccc2)[nH]1. The zero-order chi connectivity index (χ0) is 16.4. The molecule has 0 bridgehead atoms. The fourth-order valence-corrected chi connectivity index (χ4v) is 2.83. The first kappa shape index (κ1) is 14.3. The molecule has 3 nitrogen and oxygen atoms in total. The molecule has 0 fully saturated rings. The topological polar surface area (TPSA) is 54.7 Å². The summed E-state index contributed by atoms with van der Waals surface area (Å²) in [7, 11) is 0. The number of benzene rings is 3. The van der Waals surface area contributed by atoms with Crippen molar-refractivity contribution in [3.63, 3.8) is 0 Å². The first-order valence-corrected chi connectivity index (χ1v) is 7.88. The lowest BCUT2D eigenvalue weighted by atomic mass is 10.1. The summed E-state index contributed by atoms with van der Waals surface area (Å²) >= 11 is 0. The molecule has 3 heteroatoms. The maximum atomic E-state index is 6.13. The number of nitrogen functional groups attached to an aromatic ring is 1. The third-order valence-electron chi connectivity index (χ3n) is 4.03. The zero-order valence-corrected chi connectivity index (χ0v) is 13.1. The molecule has 0 aliphatic rings. The van der Waals surface area contributed by atoms with Crippen LogP contribution in [0, 0.1) is 0 Å². The van der Waals surface area contributed by atoms with Gasteiger partial charge in [-0.1, -0.05) is 72.8 Å². The second-order valence-electron chi connectivity index (χ2n) is 5.63. The molecule has 1 aromatic heterocycles. The van der Waals surface area contributed by atoms with Gasteiger partial charge in [-0.3, -0.25) is 0 Å². The van der Waals surface area contributed by atoms with E-state index in [1.54, 1.807) is 0 Å². The van der Waals surface area contributed by atoms with E-state index >= 15 is 0 Å². The number of imidazole rings is 1. The van der Waals surface area contributed by atoms with E-state index in [1.807, 2.05) is 60.7 Å². The van der Waals surface area contributed by atoms with Crippen LogP contribution in [0.25, 0.3) is 33.9 Å². The monoisotopic (exact) mass is 311 g/mol. The van der Waals surface area contributed by atoms with Crippen LogP contribution in [0.3, 0.4) is 0 Å². The summed E-state index contributed by atoms with van der Waals surface area (Å²) in [6.07, 6.45) is 0. The van der Waals surface area contributed by atoms with Crippen molar-refractivity contribution in [2.24, 2.45) is 0 Å². The Morgan fingerprint density at radius 3 is 1.92 bits per heavy atom. The van der Waals surface area contributed by atoms with Crippen molar-refractivity contribution in [3.8, 4) is 33.9 Å². The van der Waals surface area contributed by atoms with E-state index in [2.05, 4.69) is 29.2 Å². The summed E-state index contributed by atoms with van der Waals surface area (Å²) in [5.41, 5.74) is 11.9. The fourth-order valence-electron chi connectivity index (χ4n) is 2.83. The van der Waals surface area contributed by atoms with Crippen molar-refractivity contribution in [3.05, 3.63) is 84.9 Å². The lowest BCUT2D eigenvalue weighted by Crippen LogP contribution is -1.90. The van der Waals surface area contributed by atoms with Gasteiger partial charge in [-0.25, -0.2) is 4.98 Å². The number of nitrogens with one attached hydrogen (secondary N) is 1. The van der Waals surface area contributed by atoms with Crippen molar-refractivity contribution in [1.29, 1.82) is 0 Å². The Balaban J connectivity index is 1.94. The summed E-state index contributed by atoms with van der Waals surface area (Å²) in [5, 5.41) is 0. The third-order valence-corrected chi connectivity index (χ3v) is 4.03. The number of nitrogens with two attached hydrogens (primary N) is 1. The molecule has 116 valence electrons. The van der Waals surface area contributed by atoms with Gasteiger partial charge in [-0.05, 0) is 12.1 Å². The third kappa shape index (κ3) is 2.57. The lowest BCUT2D eigenvalue weighted by molar-refractivity contribution is 1.31. The minimum atomic E-state index is 0.713. The maximum Gasteiger partial charge on any atom is 0.140 e. The Bertz CT molecular complexity index is 900. The Kier molecular flexibility index (Phi) is 3.60. The molecule has 0 aliphatic carbocycles. The van der Waals surface area contributed by atoms with Crippen molar-refractivity contribution in [2.45, 2.75) is 0 Å². The molecule has 0 spiro atoms. The normalized spacial score (nSPS) is 10.7. The zero-order valence-electron chi connectivity index (χ0n) is 13.1. The number of H-pyrrole nitrogens is 1. The average molecular weight is 311 g/mol. The van der Waals surface area contributed by atoms with E-state index in [-0.39, 0.29) is 0 Å². The molecule has 0 unspecified atom stereocenters. The highest BCUT2D eigenvalue weighted by Crippen LogP contribution is 2.34. The number of hydrogen-bond acceptors (Lipinski definition) is 2. The maximum absolute atomic E-state index is 6.13. The highest BCUT2D eigenvalue weighted by Gasteiger charge is 2.15. The van der Waals surface area contributed by atoms with Crippen LogP contribution in [-0.4, -0.2) is 9.97 Å². The van der Waals surface area contributed by atoms with Crippen LogP contribution in [-0.2, 0) is 0 Å². The summed E-state index contributed by atoms with van der Waals surface area (Å²) in [6.45, 7) is 0. The molecule has 1 heterocycles. The molecule has 0 aliphatic heterocycles. The number of para-hydroxylation sites is 1. The predicted octanol–water partition coefficient (Wildman–Crippen LogP) is 4.99. The molecule has 0 saturated carbocycles. The van der Waals surface area contributed by atoms with Gasteiger partial charge in [0.2, 0.25) is 0 Å². The number of rotatable bonds is 3. The Morgan fingerprint density at radius 2 is 1.25 bits per heavy atom. The molecule has 4 aromatic rings. The van der Waals surface area contributed by atoms with Crippen LogP contribution in [0.15, 0.2) is 84.9 Å². The average Bonchev–Trinajstić information content (AvgIpc) is 3.09. The van der Waals surface area contributed by atoms with Crippen molar-refractivity contribution >= 4 is 5.69 Å². The Labute approximate surface area is 140 Å². The van der Waals surface area contributed by atoms with Crippen LogP contribution in [0.5, 0.6) is 0 Å². The molecular weight excluding hydrogens is 294 g/mol. The van der Waals surface area contributed by atoms with Gasteiger partial charge in [0.25, 0.3) is 0 Å². The van der Waals surface area contributed by atoms with Crippen LogP contribution < -0.4 is 5.73 Å². The second-order valence-corrected chi connectivity index (χ2v) is 5.63. The number of anilines is 1. The van der Waals surface area contributed by atoms with E-state index in [0.29, 0.717) is 5.69 Å². The van der Waals surface area contributed by atoms with Crippen LogP contribution in [0.4, 0.5) is 5.69 Å². The lowest BCUT2D eigenvalue weighted by Gasteiger charge is -2.02. The summed E-state index contributed by atoms with van der Waals surface area (Å²) < 4.78 is 0. The Morgan fingerprint density at radius 1 is 0.667 bits per heavy atom. The number of hydrogen-bond donors (Lipinski definition) is 2. The summed E-state index contributed by atoms with van der Waals surface area (Å²) in [5.74, 6) is 0.783. The second kappa shape index (κ2) is 6.05. The Hall–Kier alpha value is -3.33. The van der Waals surface area contributed by atoms with Crippen LogP contribution >= 0.6 is 0 Å². The van der Waals surface area contributed by atoms with Gasteiger partial charge in [0, 0.05) is 22.4 Å². The minimum absolute atomic E-state index is 0.713. The molecule has 4 rings (SSSR count). The van der Waals surface area contributed by atoms with Gasteiger partial charge in [-0.2, -0.15) is 0 Å². The van der Waals surface area contributed by atoms with E-state index in [0.717, 1.165) is 33.9 Å². The van der Waals surface area contributed by atoms with Gasteiger partial charge >= 0.3 is 0 Å². The van der Waals surface area contributed by atoms with Crippen LogP contribution in [0.2, 0.25) is 0 Å². The van der Waals surface area contributed by atoms with E-state index in [9.17, 15) is 0 Å². The summed E-state index contributed by atoms with van der Waals surface area (Å²) in [4.78, 5) is 8.31. The molecule has 3 N–H and O–H groups in total. The highest BCUT2D eigenvalue weighted by atomic mass is 14.9. The van der Waals surface area contributed by atoms with Gasteiger partial charge in [0.15, 0.2) is 0 Å². The standard InChI is InChI=1S/C21H17N3/c22-18-14-8-7-13-17(18)21-23-19(15-9-3-1-4-10-15)20(24-21)16-11-5-2-6-12-16/h1-14H,22H2,(H,23,24). The summed E-state index contributed by atoms with van der Waals surface area (Å²) in [6, 6.07) is 28.2. The quantitative estimate of drug-likeness (QED) is 0.523. The van der Waals surface area contributed by atoms with Crippen molar-refractivity contribution in [2.75, 3.05) is 5.73 Å². The smallest absolute Gasteiger partial charge is 0.140 e. The van der Waals surface area contributed by atoms with E-state index in [1.165, 1.54) is 0 Å². The van der Waals surface area contributed by atoms with Gasteiger partial charge in [-0.15, -0.1) is 0 Å². The molecule has 3 aromatic carbocycles. The molecule has 24 heavy (non-hydrogen) atoms. The van der Waals surface area contributed by atoms with Gasteiger partial charge in [0.05, 0.1) is 11.4 Å².